The van der Waals surface area contributed by atoms with E-state index in [0.29, 0.717) is 19.4 Å². The van der Waals surface area contributed by atoms with Crippen molar-refractivity contribution in [2.24, 2.45) is 0 Å². The first-order valence-corrected chi connectivity index (χ1v) is 29.3. The Hall–Kier alpha value is -1.92. The molecule has 0 saturated carbocycles. The summed E-state index contributed by atoms with van der Waals surface area (Å²) in [5.74, 6) is -0.0885. The zero-order valence-corrected chi connectivity index (χ0v) is 44.2. The summed E-state index contributed by atoms with van der Waals surface area (Å²) in [4.78, 5) is 24.5. The number of carbonyl (C=O) groups excluding carboxylic acids is 2. The molecule has 0 radical (unpaired) electrons. The van der Waals surface area contributed by atoms with E-state index >= 15 is 0 Å². The van der Waals surface area contributed by atoms with Crippen LogP contribution in [0.3, 0.4) is 0 Å². The maximum Gasteiger partial charge on any atom is 0.305 e. The van der Waals surface area contributed by atoms with Gasteiger partial charge in [0.25, 0.3) is 0 Å². The molecule has 0 rings (SSSR count). The van der Waals surface area contributed by atoms with E-state index in [9.17, 15) is 19.8 Å². The van der Waals surface area contributed by atoms with Gasteiger partial charge in [-0.25, -0.2) is 0 Å². The summed E-state index contributed by atoms with van der Waals surface area (Å²) in [5, 5.41) is 23.1. The number of aliphatic hydroxyl groups is 2. The summed E-state index contributed by atoms with van der Waals surface area (Å²) in [6.45, 7) is 4.87. The van der Waals surface area contributed by atoms with Crippen molar-refractivity contribution in [1.82, 2.24) is 5.32 Å². The first-order valence-electron chi connectivity index (χ1n) is 29.3. The topological polar surface area (TPSA) is 95.9 Å². The van der Waals surface area contributed by atoms with Crippen molar-refractivity contribution in [3.05, 3.63) is 36.5 Å². The second-order valence-corrected chi connectivity index (χ2v) is 20.0. The molecule has 3 N–H and O–H groups in total. The summed E-state index contributed by atoms with van der Waals surface area (Å²) in [5.41, 5.74) is 0. The number of aliphatic hydroxyl groups excluding tert-OH is 2. The van der Waals surface area contributed by atoms with Crippen LogP contribution in [0.5, 0.6) is 0 Å². The van der Waals surface area contributed by atoms with Gasteiger partial charge < -0.3 is 20.3 Å². The van der Waals surface area contributed by atoms with Crippen LogP contribution >= 0.6 is 0 Å². The summed E-state index contributed by atoms with van der Waals surface area (Å²) >= 11 is 0. The average molecular weight is 929 g/mol. The Labute approximate surface area is 411 Å². The maximum atomic E-state index is 12.4. The number of nitrogens with one attached hydrogen (secondary N) is 1. The molecule has 0 heterocycles. The quantitative estimate of drug-likeness (QED) is 0.0244. The number of carbonyl (C=O) groups is 2. The molecule has 2 unspecified atom stereocenters. The van der Waals surface area contributed by atoms with Crippen LogP contribution in [0.4, 0.5) is 0 Å². The van der Waals surface area contributed by atoms with Gasteiger partial charge in [-0.1, -0.05) is 269 Å². The van der Waals surface area contributed by atoms with Crippen molar-refractivity contribution >= 4 is 11.9 Å². The Morgan fingerprint density at radius 2 is 0.742 bits per heavy atom. The molecule has 1 amide bonds. The number of hydrogen-bond acceptors (Lipinski definition) is 5. The number of ether oxygens (including phenoxy) is 1. The van der Waals surface area contributed by atoms with Crippen molar-refractivity contribution in [2.45, 2.75) is 321 Å². The molecule has 66 heavy (non-hydrogen) atoms. The third-order valence-corrected chi connectivity index (χ3v) is 13.4. The minimum atomic E-state index is -0.851. The van der Waals surface area contributed by atoms with Crippen molar-refractivity contribution in [3.8, 4) is 0 Å². The predicted octanol–water partition coefficient (Wildman–Crippen LogP) is 18.0. The summed E-state index contributed by atoms with van der Waals surface area (Å²) < 4.78 is 5.46. The molecule has 0 saturated heterocycles. The van der Waals surface area contributed by atoms with Crippen LogP contribution in [0.2, 0.25) is 0 Å². The average Bonchev–Trinajstić information content (AvgIpc) is 3.32. The van der Waals surface area contributed by atoms with Gasteiger partial charge in [0, 0.05) is 12.8 Å². The van der Waals surface area contributed by atoms with E-state index in [1.807, 2.05) is 6.08 Å². The van der Waals surface area contributed by atoms with E-state index in [0.717, 1.165) is 77.0 Å². The fourth-order valence-electron chi connectivity index (χ4n) is 8.92. The molecule has 0 spiro atoms. The molecule has 0 aromatic rings. The highest BCUT2D eigenvalue weighted by molar-refractivity contribution is 5.76. The van der Waals surface area contributed by atoms with Crippen molar-refractivity contribution in [3.63, 3.8) is 0 Å². The molecule has 0 bridgehead atoms. The summed E-state index contributed by atoms with van der Waals surface area (Å²) in [6, 6.07) is -0.635. The molecule has 0 fully saturated rings. The smallest absolute Gasteiger partial charge is 0.305 e. The minimum Gasteiger partial charge on any atom is -0.466 e. The Balaban J connectivity index is 3.49. The zero-order valence-electron chi connectivity index (χ0n) is 44.2. The normalized spacial score (nSPS) is 12.8. The van der Waals surface area contributed by atoms with Gasteiger partial charge in [-0.3, -0.25) is 9.59 Å². The number of amides is 1. The van der Waals surface area contributed by atoms with Crippen LogP contribution in [0.15, 0.2) is 36.5 Å². The Kier molecular flexibility index (Phi) is 54.1. The second-order valence-electron chi connectivity index (χ2n) is 20.0. The minimum absolute atomic E-state index is 0.0114. The monoisotopic (exact) mass is 928 g/mol. The van der Waals surface area contributed by atoms with Gasteiger partial charge in [0.05, 0.1) is 25.4 Å². The largest absolute Gasteiger partial charge is 0.466 e. The highest BCUT2D eigenvalue weighted by Gasteiger charge is 2.18. The molecule has 0 aromatic heterocycles. The Bertz CT molecular complexity index is 1070. The molecule has 388 valence electrons. The lowest BCUT2D eigenvalue weighted by atomic mass is 10.0. The van der Waals surface area contributed by atoms with Crippen LogP contribution < -0.4 is 5.32 Å². The van der Waals surface area contributed by atoms with E-state index in [2.05, 4.69) is 43.5 Å². The molecule has 6 nitrogen and oxygen atoms in total. The van der Waals surface area contributed by atoms with Gasteiger partial charge in [-0.05, 0) is 64.2 Å². The lowest BCUT2D eigenvalue weighted by Crippen LogP contribution is -2.45. The molecular weight excluding hydrogens is 815 g/mol. The number of rotatable bonds is 54. The van der Waals surface area contributed by atoms with Crippen LogP contribution in [0, 0.1) is 0 Å². The van der Waals surface area contributed by atoms with Gasteiger partial charge in [0.2, 0.25) is 5.91 Å². The lowest BCUT2D eigenvalue weighted by molar-refractivity contribution is -0.143. The van der Waals surface area contributed by atoms with Gasteiger partial charge in [0.1, 0.15) is 0 Å². The maximum absolute atomic E-state index is 12.4. The third-order valence-electron chi connectivity index (χ3n) is 13.4. The Morgan fingerprint density at radius 1 is 0.424 bits per heavy atom. The van der Waals surface area contributed by atoms with E-state index in [-0.39, 0.29) is 18.5 Å². The molecule has 6 heteroatoms. The molecule has 0 aliphatic heterocycles. The van der Waals surface area contributed by atoms with Gasteiger partial charge >= 0.3 is 5.97 Å². The van der Waals surface area contributed by atoms with Crippen LogP contribution in [0.1, 0.15) is 309 Å². The van der Waals surface area contributed by atoms with Crippen LogP contribution in [0.25, 0.3) is 0 Å². The fourth-order valence-corrected chi connectivity index (χ4v) is 8.92. The fraction of sp³-hybridized carbons (Fsp3) is 0.867. The molecule has 0 aliphatic rings. The summed E-state index contributed by atoms with van der Waals surface area (Å²) in [7, 11) is 0. The number of allylic oxidation sites excluding steroid dienone is 5. The zero-order chi connectivity index (χ0) is 47.9. The number of hydrogen-bond donors (Lipinski definition) is 3. The van der Waals surface area contributed by atoms with E-state index in [4.69, 9.17) is 4.74 Å². The molecule has 2 atom stereocenters. The number of esters is 1. The van der Waals surface area contributed by atoms with Gasteiger partial charge in [-0.2, -0.15) is 0 Å². The highest BCUT2D eigenvalue weighted by atomic mass is 16.5. The predicted molar refractivity (Wildman–Crippen MR) is 287 cm³/mol. The number of unbranched alkanes of at least 4 members (excludes halogenated alkanes) is 40. The van der Waals surface area contributed by atoms with Crippen LogP contribution in [-0.2, 0) is 14.3 Å². The van der Waals surface area contributed by atoms with E-state index in [1.165, 1.54) is 205 Å². The Morgan fingerprint density at radius 3 is 1.12 bits per heavy atom. The highest BCUT2D eigenvalue weighted by Crippen LogP contribution is 2.17. The van der Waals surface area contributed by atoms with Crippen molar-refractivity contribution in [2.75, 3.05) is 13.2 Å². The first-order chi connectivity index (χ1) is 32.5. The standard InChI is InChI=1S/C60H113NO5/c1-3-5-7-9-11-13-15-17-24-28-32-36-40-44-48-52-58(63)57(56-62)61-59(64)53-49-45-41-37-33-29-26-22-20-19-21-23-27-31-35-39-43-47-51-55-66-60(65)54-50-46-42-38-34-30-25-18-16-14-12-10-8-6-4-2/h23,27,31,35,48,52,57-58,62-63H,3-22,24-26,28-30,32-34,36-47,49-51,53-56H2,1-2H3,(H,61,64)/b27-23-,35-31-,52-48+. The van der Waals surface area contributed by atoms with Crippen molar-refractivity contribution < 1.29 is 24.5 Å². The van der Waals surface area contributed by atoms with E-state index < -0.39 is 12.1 Å². The van der Waals surface area contributed by atoms with E-state index in [1.54, 1.807) is 6.08 Å². The summed E-state index contributed by atoms with van der Waals surface area (Å²) in [6.07, 6.45) is 68.8. The third kappa shape index (κ3) is 51.5. The van der Waals surface area contributed by atoms with Gasteiger partial charge in [0.15, 0.2) is 0 Å². The molecule has 0 aromatic carbocycles. The van der Waals surface area contributed by atoms with Gasteiger partial charge in [-0.15, -0.1) is 0 Å². The first kappa shape index (κ1) is 64.1. The second kappa shape index (κ2) is 55.7. The molecule has 0 aliphatic carbocycles. The molecular formula is C60H113NO5. The van der Waals surface area contributed by atoms with Crippen molar-refractivity contribution in [1.29, 1.82) is 0 Å². The lowest BCUT2D eigenvalue weighted by Gasteiger charge is -2.20. The van der Waals surface area contributed by atoms with Crippen LogP contribution in [-0.4, -0.2) is 47.4 Å². The SMILES string of the molecule is CCCCCCCCCCCCCCC/C=C/C(O)C(CO)NC(=O)CCCCCCCCCCCC/C=C\C=C/CCCCCOC(=O)CCCCCCCCCCCCCCCCC.